The summed E-state index contributed by atoms with van der Waals surface area (Å²) in [7, 11) is 0. The van der Waals surface area contributed by atoms with Gasteiger partial charge in [0.1, 0.15) is 0 Å². The van der Waals surface area contributed by atoms with Crippen molar-refractivity contribution in [2.45, 2.75) is 44.6 Å². The number of carbonyl (C=O) groups is 2. The Labute approximate surface area is 95.4 Å². The largest absolute Gasteiger partial charge is 0.481 e. The molecule has 1 amide bonds. The van der Waals surface area contributed by atoms with E-state index in [9.17, 15) is 9.59 Å². The Morgan fingerprint density at radius 3 is 2.50 bits per heavy atom. The third-order valence-electron chi connectivity index (χ3n) is 3.29. The van der Waals surface area contributed by atoms with E-state index < -0.39 is 11.5 Å². The minimum atomic E-state index is -0.827. The summed E-state index contributed by atoms with van der Waals surface area (Å²) in [6, 6.07) is 0. The first-order chi connectivity index (χ1) is 7.48. The zero-order valence-corrected chi connectivity index (χ0v) is 9.66. The molecule has 0 aromatic rings. The number of rotatable bonds is 6. The van der Waals surface area contributed by atoms with Crippen molar-refractivity contribution in [1.82, 2.24) is 5.32 Å². The molecule has 1 atom stereocenters. The van der Waals surface area contributed by atoms with E-state index in [-0.39, 0.29) is 18.2 Å². The van der Waals surface area contributed by atoms with E-state index in [1.165, 1.54) is 0 Å². The average Bonchev–Trinajstić information content (AvgIpc) is 2.19. The van der Waals surface area contributed by atoms with Crippen LogP contribution >= 0.6 is 0 Å². The number of carboxylic acids is 1. The topological polar surface area (TPSA) is 92.4 Å². The van der Waals surface area contributed by atoms with Gasteiger partial charge in [0.05, 0.1) is 5.54 Å². The van der Waals surface area contributed by atoms with Gasteiger partial charge in [0.2, 0.25) is 5.91 Å². The molecule has 0 saturated heterocycles. The third-order valence-corrected chi connectivity index (χ3v) is 3.29. The summed E-state index contributed by atoms with van der Waals surface area (Å²) in [6.45, 7) is 2.32. The second-order valence-corrected chi connectivity index (χ2v) is 4.59. The highest BCUT2D eigenvalue weighted by molar-refractivity contribution is 5.87. The fourth-order valence-corrected chi connectivity index (χ4v) is 1.81. The SMILES string of the molecule is CCC(CNC(=O)C1(N)CCC1)CC(=O)O. The van der Waals surface area contributed by atoms with Crippen molar-refractivity contribution < 1.29 is 14.7 Å². The van der Waals surface area contributed by atoms with Crippen molar-refractivity contribution in [2.75, 3.05) is 6.54 Å². The highest BCUT2D eigenvalue weighted by Gasteiger charge is 2.39. The summed E-state index contributed by atoms with van der Waals surface area (Å²) in [5, 5.41) is 11.4. The van der Waals surface area contributed by atoms with Crippen molar-refractivity contribution in [3.8, 4) is 0 Å². The summed E-state index contributed by atoms with van der Waals surface area (Å²) in [6.07, 6.45) is 3.29. The molecule has 1 unspecified atom stereocenters. The molecule has 1 aliphatic carbocycles. The van der Waals surface area contributed by atoms with Crippen LogP contribution in [0.5, 0.6) is 0 Å². The first-order valence-corrected chi connectivity index (χ1v) is 5.77. The van der Waals surface area contributed by atoms with Crippen molar-refractivity contribution in [3.05, 3.63) is 0 Å². The molecule has 0 radical (unpaired) electrons. The molecule has 16 heavy (non-hydrogen) atoms. The fraction of sp³-hybridized carbons (Fsp3) is 0.818. The van der Waals surface area contributed by atoms with Crippen LogP contribution in [0, 0.1) is 5.92 Å². The lowest BCUT2D eigenvalue weighted by atomic mass is 9.77. The van der Waals surface area contributed by atoms with Gasteiger partial charge >= 0.3 is 5.97 Å². The van der Waals surface area contributed by atoms with E-state index in [2.05, 4.69) is 5.32 Å². The van der Waals surface area contributed by atoms with E-state index in [1.54, 1.807) is 0 Å². The minimum Gasteiger partial charge on any atom is -0.481 e. The third kappa shape index (κ3) is 3.20. The first kappa shape index (κ1) is 13.0. The average molecular weight is 228 g/mol. The van der Waals surface area contributed by atoms with Gasteiger partial charge in [0.15, 0.2) is 0 Å². The smallest absolute Gasteiger partial charge is 0.303 e. The summed E-state index contributed by atoms with van der Waals surface area (Å²) in [5.74, 6) is -0.972. The summed E-state index contributed by atoms with van der Waals surface area (Å²) >= 11 is 0. The van der Waals surface area contributed by atoms with Crippen molar-refractivity contribution in [1.29, 1.82) is 0 Å². The van der Waals surface area contributed by atoms with E-state index in [4.69, 9.17) is 10.8 Å². The highest BCUT2D eigenvalue weighted by Crippen LogP contribution is 2.29. The maximum atomic E-state index is 11.7. The van der Waals surface area contributed by atoms with Crippen LogP contribution in [0.3, 0.4) is 0 Å². The molecule has 1 rings (SSSR count). The van der Waals surface area contributed by atoms with Crippen molar-refractivity contribution in [3.63, 3.8) is 0 Å². The van der Waals surface area contributed by atoms with Gasteiger partial charge in [0, 0.05) is 13.0 Å². The summed E-state index contributed by atoms with van der Waals surface area (Å²) in [5.41, 5.74) is 5.15. The number of hydrogen-bond donors (Lipinski definition) is 3. The highest BCUT2D eigenvalue weighted by atomic mass is 16.4. The Bertz CT molecular complexity index is 274. The molecule has 0 aromatic carbocycles. The second-order valence-electron chi connectivity index (χ2n) is 4.59. The van der Waals surface area contributed by atoms with Gasteiger partial charge in [-0.25, -0.2) is 0 Å². The number of carbonyl (C=O) groups excluding carboxylic acids is 1. The van der Waals surface area contributed by atoms with Crippen LogP contribution in [-0.2, 0) is 9.59 Å². The molecule has 1 aliphatic rings. The van der Waals surface area contributed by atoms with Crippen LogP contribution in [-0.4, -0.2) is 29.1 Å². The number of nitrogens with two attached hydrogens (primary N) is 1. The lowest BCUT2D eigenvalue weighted by Gasteiger charge is -2.36. The molecular weight excluding hydrogens is 208 g/mol. The molecular formula is C11H20N2O3. The molecule has 5 heteroatoms. The Hall–Kier alpha value is -1.10. The molecule has 0 aromatic heterocycles. The standard InChI is InChI=1S/C11H20N2O3/c1-2-8(6-9(14)15)7-13-10(16)11(12)4-3-5-11/h8H,2-7,12H2,1H3,(H,13,16)(H,14,15). The number of aliphatic carboxylic acids is 1. The number of hydrogen-bond acceptors (Lipinski definition) is 3. The maximum Gasteiger partial charge on any atom is 0.303 e. The predicted molar refractivity (Wildman–Crippen MR) is 59.8 cm³/mol. The maximum absolute atomic E-state index is 11.7. The first-order valence-electron chi connectivity index (χ1n) is 5.77. The van der Waals surface area contributed by atoms with Crippen LogP contribution in [0.15, 0.2) is 0 Å². The Balaban J connectivity index is 2.31. The number of nitrogens with one attached hydrogen (secondary N) is 1. The van der Waals surface area contributed by atoms with Gasteiger partial charge in [-0.2, -0.15) is 0 Å². The van der Waals surface area contributed by atoms with Crippen LogP contribution in [0.1, 0.15) is 39.0 Å². The van der Waals surface area contributed by atoms with Gasteiger partial charge in [-0.05, 0) is 25.2 Å². The zero-order chi connectivity index (χ0) is 12.2. The molecule has 1 fully saturated rings. The van der Waals surface area contributed by atoms with Gasteiger partial charge in [-0.3, -0.25) is 9.59 Å². The van der Waals surface area contributed by atoms with Gasteiger partial charge in [-0.15, -0.1) is 0 Å². The molecule has 1 saturated carbocycles. The zero-order valence-electron chi connectivity index (χ0n) is 9.66. The van der Waals surface area contributed by atoms with Crippen molar-refractivity contribution in [2.24, 2.45) is 11.7 Å². The summed E-state index contributed by atoms with van der Waals surface area (Å²) < 4.78 is 0. The van der Waals surface area contributed by atoms with Crippen LogP contribution in [0.25, 0.3) is 0 Å². The lowest BCUT2D eigenvalue weighted by molar-refractivity contribution is -0.138. The van der Waals surface area contributed by atoms with E-state index >= 15 is 0 Å². The molecule has 0 bridgehead atoms. The lowest BCUT2D eigenvalue weighted by Crippen LogP contribution is -2.59. The van der Waals surface area contributed by atoms with E-state index in [1.807, 2.05) is 6.92 Å². The quantitative estimate of drug-likeness (QED) is 0.616. The van der Waals surface area contributed by atoms with E-state index in [0.717, 1.165) is 25.7 Å². The van der Waals surface area contributed by atoms with E-state index in [0.29, 0.717) is 6.54 Å². The van der Waals surface area contributed by atoms with Gasteiger partial charge < -0.3 is 16.2 Å². The van der Waals surface area contributed by atoms with Gasteiger partial charge in [-0.1, -0.05) is 13.3 Å². The Kier molecular flexibility index (Phi) is 4.29. The molecule has 0 heterocycles. The Morgan fingerprint density at radius 1 is 1.50 bits per heavy atom. The van der Waals surface area contributed by atoms with Crippen LogP contribution in [0.4, 0.5) is 0 Å². The molecule has 5 nitrogen and oxygen atoms in total. The number of carboxylic acid groups (broad SMARTS) is 1. The number of amides is 1. The predicted octanol–water partition coefficient (Wildman–Crippen LogP) is 0.485. The molecule has 0 spiro atoms. The normalized spacial score (nSPS) is 19.6. The molecule has 92 valence electrons. The molecule has 0 aliphatic heterocycles. The van der Waals surface area contributed by atoms with Crippen LogP contribution < -0.4 is 11.1 Å². The minimum absolute atomic E-state index is 0.00914. The fourth-order valence-electron chi connectivity index (χ4n) is 1.81. The van der Waals surface area contributed by atoms with Gasteiger partial charge in [0.25, 0.3) is 0 Å². The summed E-state index contributed by atoms with van der Waals surface area (Å²) in [4.78, 5) is 22.2. The van der Waals surface area contributed by atoms with Crippen LogP contribution in [0.2, 0.25) is 0 Å². The monoisotopic (exact) mass is 228 g/mol. The second kappa shape index (κ2) is 5.30. The molecule has 4 N–H and O–H groups in total. The Morgan fingerprint density at radius 2 is 2.12 bits per heavy atom. The van der Waals surface area contributed by atoms with Crippen molar-refractivity contribution >= 4 is 11.9 Å².